The lowest BCUT2D eigenvalue weighted by atomic mass is 10.1. The molecule has 0 spiro atoms. The average Bonchev–Trinajstić information content (AvgIpc) is 3.32. The number of aryl methyl sites for hydroxylation is 1. The maximum absolute atomic E-state index is 14.1. The van der Waals surface area contributed by atoms with Crippen LogP contribution in [-0.4, -0.2) is 58.6 Å². The van der Waals surface area contributed by atoms with Gasteiger partial charge in [-0.3, -0.25) is 18.7 Å². The molecule has 4 aromatic rings. The maximum atomic E-state index is 14.1. The monoisotopic (exact) mass is 553 g/mol. The summed E-state index contributed by atoms with van der Waals surface area (Å²) in [5.74, 6) is -0.323. The molecule has 0 saturated carbocycles. The highest BCUT2D eigenvalue weighted by Gasteiger charge is 2.31. The summed E-state index contributed by atoms with van der Waals surface area (Å²) in [6, 6.07) is 26.4. The molecule has 2 amide bonds. The topological polar surface area (TPSA) is 88.4 Å². The van der Waals surface area contributed by atoms with Crippen LogP contribution in [0.4, 0.5) is 0 Å². The van der Waals surface area contributed by atoms with Crippen molar-refractivity contribution in [2.24, 2.45) is 0 Å². The van der Waals surface area contributed by atoms with E-state index >= 15 is 0 Å². The van der Waals surface area contributed by atoms with Gasteiger partial charge in [0, 0.05) is 50.4 Å². The van der Waals surface area contributed by atoms with Gasteiger partial charge >= 0.3 is 5.69 Å². The predicted molar refractivity (Wildman–Crippen MR) is 164 cm³/mol. The molecule has 5 rings (SSSR count). The van der Waals surface area contributed by atoms with Gasteiger partial charge < -0.3 is 15.5 Å². The first kappa shape index (κ1) is 29.6. The largest absolute Gasteiger partial charge is 0.352 e. The summed E-state index contributed by atoms with van der Waals surface area (Å²) < 4.78 is 3.26. The van der Waals surface area contributed by atoms with Gasteiger partial charge in [0.25, 0.3) is 11.8 Å². The van der Waals surface area contributed by atoms with E-state index in [-0.39, 0.29) is 17.5 Å². The van der Waals surface area contributed by atoms with Crippen LogP contribution in [0, 0.1) is 6.92 Å². The lowest BCUT2D eigenvalue weighted by Crippen LogP contribution is -2.47. The minimum absolute atomic E-state index is 0.159. The van der Waals surface area contributed by atoms with Crippen molar-refractivity contribution in [3.8, 4) is 16.9 Å². The number of piperazine rings is 1. The molecule has 214 valence electrons. The molecule has 1 aliphatic rings. The molecule has 1 aromatic heterocycles. The molecule has 2 heterocycles. The normalized spacial score (nSPS) is 12.8. The minimum Gasteiger partial charge on any atom is -0.352 e. The summed E-state index contributed by atoms with van der Waals surface area (Å²) >= 11 is 0. The van der Waals surface area contributed by atoms with Gasteiger partial charge in [-0.1, -0.05) is 80.6 Å². The molecule has 1 fully saturated rings. The molecule has 8 heteroatoms. The van der Waals surface area contributed by atoms with Gasteiger partial charge in [-0.05, 0) is 37.1 Å². The van der Waals surface area contributed by atoms with Crippen LogP contribution in [0.15, 0.2) is 89.7 Å². The van der Waals surface area contributed by atoms with E-state index in [4.69, 9.17) is 0 Å². The first-order valence-electron chi connectivity index (χ1n) is 14.4. The molecule has 1 aliphatic heterocycles. The van der Waals surface area contributed by atoms with Crippen molar-refractivity contribution in [2.45, 2.75) is 33.7 Å². The summed E-state index contributed by atoms with van der Waals surface area (Å²) in [5.41, 5.74) is 3.76. The Kier molecular flexibility index (Phi) is 10.3. The highest BCUT2D eigenvalue weighted by molar-refractivity contribution is 5.99. The van der Waals surface area contributed by atoms with Crippen LogP contribution < -0.4 is 16.3 Å². The number of rotatable bonds is 8. The number of para-hydroxylation sites is 1. The van der Waals surface area contributed by atoms with E-state index in [0.29, 0.717) is 62.6 Å². The Bertz CT molecular complexity index is 1500. The Hall–Kier alpha value is -4.43. The number of carbonyl (C=O) groups is 2. The Labute approximate surface area is 241 Å². The van der Waals surface area contributed by atoms with Crippen molar-refractivity contribution in [1.82, 2.24) is 24.7 Å². The second-order valence-electron chi connectivity index (χ2n) is 9.64. The van der Waals surface area contributed by atoms with Gasteiger partial charge in [0.2, 0.25) is 0 Å². The summed E-state index contributed by atoms with van der Waals surface area (Å²) in [6.45, 7) is 9.19. The van der Waals surface area contributed by atoms with E-state index in [1.165, 1.54) is 0 Å². The lowest BCUT2D eigenvalue weighted by molar-refractivity contribution is 0.0724. The fourth-order valence-electron chi connectivity index (χ4n) is 5.02. The first-order valence-corrected chi connectivity index (χ1v) is 14.4. The third-order valence-corrected chi connectivity index (χ3v) is 7.03. The fourth-order valence-corrected chi connectivity index (χ4v) is 5.02. The number of hydrogen-bond acceptors (Lipinski definition) is 4. The van der Waals surface area contributed by atoms with Crippen molar-refractivity contribution >= 4 is 11.8 Å². The number of imidazole rings is 1. The number of aromatic nitrogens is 2. The second-order valence-corrected chi connectivity index (χ2v) is 9.64. The zero-order valence-electron chi connectivity index (χ0n) is 24.1. The van der Waals surface area contributed by atoms with E-state index in [0.717, 1.165) is 16.8 Å². The van der Waals surface area contributed by atoms with Crippen molar-refractivity contribution in [2.75, 3.05) is 32.7 Å². The van der Waals surface area contributed by atoms with E-state index in [9.17, 15) is 14.4 Å². The molecule has 0 radical (unpaired) electrons. The van der Waals surface area contributed by atoms with Crippen LogP contribution in [0.1, 0.15) is 46.7 Å². The zero-order valence-corrected chi connectivity index (χ0v) is 24.1. The van der Waals surface area contributed by atoms with E-state index in [1.54, 1.807) is 21.3 Å². The highest BCUT2D eigenvalue weighted by Crippen LogP contribution is 2.29. The van der Waals surface area contributed by atoms with E-state index < -0.39 is 0 Å². The molecule has 41 heavy (non-hydrogen) atoms. The molecular formula is C33H39N5O3. The second kappa shape index (κ2) is 14.3. The number of benzene rings is 3. The highest BCUT2D eigenvalue weighted by atomic mass is 16.2. The van der Waals surface area contributed by atoms with Gasteiger partial charge in [0.1, 0.15) is 5.69 Å². The lowest BCUT2D eigenvalue weighted by Gasteiger charge is -2.28. The average molecular weight is 554 g/mol. The van der Waals surface area contributed by atoms with Gasteiger partial charge in [-0.25, -0.2) is 4.79 Å². The molecule has 0 bridgehead atoms. The van der Waals surface area contributed by atoms with E-state index in [2.05, 4.69) is 10.6 Å². The van der Waals surface area contributed by atoms with Gasteiger partial charge in [0.05, 0.1) is 11.4 Å². The number of amides is 2. The van der Waals surface area contributed by atoms with Gasteiger partial charge in [-0.2, -0.15) is 0 Å². The summed E-state index contributed by atoms with van der Waals surface area (Å²) in [7, 11) is 0. The molecule has 0 atom stereocenters. The van der Waals surface area contributed by atoms with Crippen molar-refractivity contribution in [3.63, 3.8) is 0 Å². The Morgan fingerprint density at radius 2 is 1.46 bits per heavy atom. The van der Waals surface area contributed by atoms with E-state index in [1.807, 2.05) is 98.5 Å². The van der Waals surface area contributed by atoms with Gasteiger partial charge in [-0.15, -0.1) is 0 Å². The molecular weight excluding hydrogens is 514 g/mol. The van der Waals surface area contributed by atoms with Crippen LogP contribution in [-0.2, 0) is 6.54 Å². The van der Waals surface area contributed by atoms with Crippen LogP contribution >= 0.6 is 0 Å². The number of nitrogens with one attached hydrogen (secondary N) is 2. The maximum Gasteiger partial charge on any atom is 0.333 e. The Morgan fingerprint density at radius 1 is 0.854 bits per heavy atom. The SMILES string of the molecule is CC.Cc1ccccc1-n1c(-c2ccccc2)c(C(=O)N2CCNCC2)n(CCCNC(=O)c2ccccc2)c1=O. The number of carbonyl (C=O) groups excluding carboxylic acids is 2. The number of nitrogens with zero attached hydrogens (tertiary/aromatic N) is 3. The van der Waals surface area contributed by atoms with Crippen LogP contribution in [0.2, 0.25) is 0 Å². The molecule has 0 unspecified atom stereocenters. The Balaban J connectivity index is 0.00000189. The zero-order chi connectivity index (χ0) is 29.2. The Morgan fingerprint density at radius 3 is 2.12 bits per heavy atom. The summed E-state index contributed by atoms with van der Waals surface area (Å²) in [6.07, 6.45) is 0.492. The third kappa shape index (κ3) is 6.66. The predicted octanol–water partition coefficient (Wildman–Crippen LogP) is 4.51. The quantitative estimate of drug-likeness (QED) is 0.315. The van der Waals surface area contributed by atoms with Gasteiger partial charge in [0.15, 0.2) is 0 Å². The summed E-state index contributed by atoms with van der Waals surface area (Å²) in [5, 5.41) is 6.22. The van der Waals surface area contributed by atoms with Crippen LogP contribution in [0.25, 0.3) is 16.9 Å². The number of hydrogen-bond donors (Lipinski definition) is 2. The molecule has 2 N–H and O–H groups in total. The minimum atomic E-state index is -0.268. The smallest absolute Gasteiger partial charge is 0.333 e. The fraction of sp³-hybridized carbons (Fsp3) is 0.303. The van der Waals surface area contributed by atoms with Crippen LogP contribution in [0.3, 0.4) is 0 Å². The molecule has 0 aliphatic carbocycles. The third-order valence-electron chi connectivity index (χ3n) is 7.03. The molecule has 8 nitrogen and oxygen atoms in total. The molecule has 3 aromatic carbocycles. The first-order chi connectivity index (χ1) is 20.1. The summed E-state index contributed by atoms with van der Waals surface area (Å²) in [4.78, 5) is 42.5. The van der Waals surface area contributed by atoms with Crippen LogP contribution in [0.5, 0.6) is 0 Å². The van der Waals surface area contributed by atoms with Crippen molar-refractivity contribution in [1.29, 1.82) is 0 Å². The molecule has 1 saturated heterocycles. The standard InChI is InChI=1S/C31H33N5O3.C2H6/c1-23-11-8-9-16-26(23)36-27(24-12-4-2-5-13-24)28(30(38)34-21-18-32-19-22-34)35(31(36)39)20-10-17-33-29(37)25-14-6-3-7-15-25;1-2/h2-9,11-16,32H,10,17-22H2,1H3,(H,33,37);1-2H3. The van der Waals surface area contributed by atoms with Crippen molar-refractivity contribution in [3.05, 3.63) is 112 Å². The van der Waals surface area contributed by atoms with Crippen molar-refractivity contribution < 1.29 is 9.59 Å².